The van der Waals surface area contributed by atoms with E-state index in [1.165, 1.54) is 60.8 Å². The Kier molecular flexibility index (Phi) is 5.42. The largest absolute Gasteiger partial charge is 0.497 e. The minimum absolute atomic E-state index is 0.125. The normalized spacial score (nSPS) is 16.7. The van der Waals surface area contributed by atoms with E-state index in [1.807, 2.05) is 0 Å². The van der Waals surface area contributed by atoms with Gasteiger partial charge in [0.25, 0.3) is 0 Å². The van der Waals surface area contributed by atoms with Crippen molar-refractivity contribution in [3.8, 4) is 5.75 Å². The van der Waals surface area contributed by atoms with Crippen molar-refractivity contribution in [2.24, 2.45) is 5.41 Å². The van der Waals surface area contributed by atoms with Crippen LogP contribution >= 0.6 is 0 Å². The van der Waals surface area contributed by atoms with Gasteiger partial charge in [0.1, 0.15) is 17.1 Å². The fourth-order valence-corrected chi connectivity index (χ4v) is 4.50. The number of benzene rings is 1. The first-order valence-corrected chi connectivity index (χ1v) is 10.4. The van der Waals surface area contributed by atoms with Crippen LogP contribution in [0.2, 0.25) is 0 Å². The summed E-state index contributed by atoms with van der Waals surface area (Å²) in [4.78, 5) is 0. The van der Waals surface area contributed by atoms with Crippen molar-refractivity contribution in [2.45, 2.75) is 91.4 Å². The molecule has 0 aliphatic heterocycles. The van der Waals surface area contributed by atoms with Crippen LogP contribution in [-0.4, -0.2) is 7.11 Å². The van der Waals surface area contributed by atoms with Crippen molar-refractivity contribution in [3.63, 3.8) is 0 Å². The van der Waals surface area contributed by atoms with E-state index in [0.717, 1.165) is 24.2 Å². The smallest absolute Gasteiger partial charge is 0.138 e. The zero-order valence-corrected chi connectivity index (χ0v) is 17.6. The summed E-state index contributed by atoms with van der Waals surface area (Å²) in [6.45, 7) is 11.8. The quantitative estimate of drug-likeness (QED) is 0.489. The third-order valence-corrected chi connectivity index (χ3v) is 6.25. The van der Waals surface area contributed by atoms with Crippen molar-refractivity contribution < 1.29 is 9.15 Å². The number of hydrogen-bond acceptors (Lipinski definition) is 2. The third kappa shape index (κ3) is 3.80. The van der Waals surface area contributed by atoms with E-state index >= 15 is 0 Å². The van der Waals surface area contributed by atoms with E-state index < -0.39 is 0 Å². The van der Waals surface area contributed by atoms with Gasteiger partial charge in [-0.1, -0.05) is 60.3 Å². The van der Waals surface area contributed by atoms with Gasteiger partial charge >= 0.3 is 0 Å². The first kappa shape index (κ1) is 19.3. The molecule has 0 bridgehead atoms. The maximum Gasteiger partial charge on any atom is 0.138 e. The molecule has 0 atom stereocenters. The number of methoxy groups -OCH3 is 1. The number of rotatable bonds is 7. The maximum absolute atomic E-state index is 6.33. The van der Waals surface area contributed by atoms with Gasteiger partial charge < -0.3 is 9.15 Å². The lowest BCUT2D eigenvalue weighted by molar-refractivity contribution is 0.298. The lowest BCUT2D eigenvalue weighted by Crippen LogP contribution is -2.22. The predicted molar refractivity (Wildman–Crippen MR) is 110 cm³/mol. The molecule has 0 fully saturated rings. The second kappa shape index (κ2) is 7.29. The zero-order valence-electron chi connectivity index (χ0n) is 17.6. The van der Waals surface area contributed by atoms with E-state index in [2.05, 4.69) is 46.8 Å². The average molecular weight is 357 g/mol. The second-order valence-corrected chi connectivity index (χ2v) is 9.59. The molecule has 0 N–H and O–H groups in total. The lowest BCUT2D eigenvalue weighted by Gasteiger charge is -2.31. The molecule has 1 aliphatic carbocycles. The predicted octanol–water partition coefficient (Wildman–Crippen LogP) is 7.20. The zero-order chi connectivity index (χ0) is 18.9. The minimum atomic E-state index is 0.125. The minimum Gasteiger partial charge on any atom is -0.497 e. The van der Waals surface area contributed by atoms with Gasteiger partial charge in [-0.2, -0.15) is 0 Å². The summed E-state index contributed by atoms with van der Waals surface area (Å²) < 4.78 is 11.9. The number of fused-ring (bicyclic) bond motifs is 3. The van der Waals surface area contributed by atoms with E-state index in [4.69, 9.17) is 9.15 Å². The Hall–Kier alpha value is -1.44. The van der Waals surface area contributed by atoms with Crippen molar-refractivity contribution in [3.05, 3.63) is 29.0 Å². The fourth-order valence-electron chi connectivity index (χ4n) is 4.50. The summed E-state index contributed by atoms with van der Waals surface area (Å²) in [5, 5.41) is 1.37. The Morgan fingerprint density at radius 3 is 2.62 bits per heavy atom. The lowest BCUT2D eigenvalue weighted by atomic mass is 9.73. The van der Waals surface area contributed by atoms with Gasteiger partial charge in [0, 0.05) is 23.4 Å². The van der Waals surface area contributed by atoms with Crippen LogP contribution in [-0.2, 0) is 18.3 Å². The standard InChI is InChI=1S/C24H36O2/c1-7-8-9-10-12-24(4,5)19-14-17(25-6)15-21-22(19)18-16-23(2,3)13-11-20(18)26-21/h14-15H,7-13,16H2,1-6H3. The summed E-state index contributed by atoms with van der Waals surface area (Å²) in [5.74, 6) is 2.12. The molecular weight excluding hydrogens is 320 g/mol. The topological polar surface area (TPSA) is 22.4 Å². The van der Waals surface area contributed by atoms with E-state index in [0.29, 0.717) is 5.41 Å². The van der Waals surface area contributed by atoms with Crippen molar-refractivity contribution in [2.75, 3.05) is 7.11 Å². The van der Waals surface area contributed by atoms with Crippen LogP contribution in [0.4, 0.5) is 0 Å². The average Bonchev–Trinajstić information content (AvgIpc) is 2.94. The molecule has 2 nitrogen and oxygen atoms in total. The highest BCUT2D eigenvalue weighted by Crippen LogP contribution is 2.45. The van der Waals surface area contributed by atoms with Crippen molar-refractivity contribution in [1.82, 2.24) is 0 Å². The number of hydrogen-bond donors (Lipinski definition) is 0. The van der Waals surface area contributed by atoms with Crippen LogP contribution in [0.1, 0.15) is 90.0 Å². The van der Waals surface area contributed by atoms with Crippen LogP contribution in [0.3, 0.4) is 0 Å². The Labute approximate surface area is 159 Å². The number of aryl methyl sites for hydroxylation is 1. The molecule has 0 amide bonds. The summed E-state index contributed by atoms with van der Waals surface area (Å²) in [6.07, 6.45) is 9.79. The van der Waals surface area contributed by atoms with Crippen LogP contribution in [0.5, 0.6) is 5.75 Å². The monoisotopic (exact) mass is 356 g/mol. The first-order chi connectivity index (χ1) is 12.3. The molecule has 1 aliphatic rings. The van der Waals surface area contributed by atoms with Crippen LogP contribution < -0.4 is 4.74 Å². The summed E-state index contributed by atoms with van der Waals surface area (Å²) in [6, 6.07) is 4.34. The van der Waals surface area contributed by atoms with Crippen LogP contribution in [0.25, 0.3) is 11.0 Å². The molecule has 0 saturated carbocycles. The van der Waals surface area contributed by atoms with Gasteiger partial charge in [-0.15, -0.1) is 0 Å². The molecule has 1 aromatic carbocycles. The van der Waals surface area contributed by atoms with Crippen molar-refractivity contribution >= 4 is 11.0 Å². The van der Waals surface area contributed by atoms with Crippen LogP contribution in [0.15, 0.2) is 16.5 Å². The van der Waals surface area contributed by atoms with Gasteiger partial charge in [0.2, 0.25) is 0 Å². The Balaban J connectivity index is 2.06. The molecule has 3 rings (SSSR count). The molecule has 26 heavy (non-hydrogen) atoms. The van der Waals surface area contributed by atoms with Gasteiger partial charge in [-0.3, -0.25) is 0 Å². The Bertz CT molecular complexity index is 764. The van der Waals surface area contributed by atoms with E-state index in [1.54, 1.807) is 7.11 Å². The number of unbranched alkanes of at least 4 members (excludes halogenated alkanes) is 3. The SMILES string of the molecule is CCCCCCC(C)(C)c1cc(OC)cc2oc3c(c12)CC(C)(C)CC3. The highest BCUT2D eigenvalue weighted by atomic mass is 16.5. The molecule has 2 heteroatoms. The summed E-state index contributed by atoms with van der Waals surface area (Å²) in [5.41, 5.74) is 4.36. The Morgan fingerprint density at radius 2 is 1.92 bits per heavy atom. The molecule has 0 radical (unpaired) electrons. The summed E-state index contributed by atoms with van der Waals surface area (Å²) in [7, 11) is 1.76. The molecule has 1 heterocycles. The second-order valence-electron chi connectivity index (χ2n) is 9.59. The maximum atomic E-state index is 6.33. The first-order valence-electron chi connectivity index (χ1n) is 10.4. The van der Waals surface area contributed by atoms with Gasteiger partial charge in [0.05, 0.1) is 7.11 Å². The van der Waals surface area contributed by atoms with Crippen LogP contribution in [0, 0.1) is 5.41 Å². The molecule has 144 valence electrons. The third-order valence-electron chi connectivity index (χ3n) is 6.25. The van der Waals surface area contributed by atoms with E-state index in [-0.39, 0.29) is 5.41 Å². The molecule has 1 aromatic heterocycles. The summed E-state index contributed by atoms with van der Waals surface area (Å²) >= 11 is 0. The van der Waals surface area contributed by atoms with Gasteiger partial charge in [0.15, 0.2) is 0 Å². The molecular formula is C24H36O2. The highest BCUT2D eigenvalue weighted by Gasteiger charge is 2.33. The molecule has 0 saturated heterocycles. The fraction of sp³-hybridized carbons (Fsp3) is 0.667. The molecule has 0 spiro atoms. The Morgan fingerprint density at radius 1 is 1.15 bits per heavy atom. The number of furan rings is 1. The molecule has 0 unspecified atom stereocenters. The van der Waals surface area contributed by atoms with Gasteiger partial charge in [-0.05, 0) is 41.7 Å². The highest BCUT2D eigenvalue weighted by molar-refractivity contribution is 5.88. The number of ether oxygens (including phenoxy) is 1. The molecule has 2 aromatic rings. The van der Waals surface area contributed by atoms with E-state index in [9.17, 15) is 0 Å². The van der Waals surface area contributed by atoms with Gasteiger partial charge in [-0.25, -0.2) is 0 Å². The van der Waals surface area contributed by atoms with Crippen molar-refractivity contribution in [1.29, 1.82) is 0 Å².